The van der Waals surface area contributed by atoms with E-state index in [9.17, 15) is 24.9 Å². The lowest BCUT2D eigenvalue weighted by Gasteiger charge is -2.16. The lowest BCUT2D eigenvalue weighted by Crippen LogP contribution is -2.26. The van der Waals surface area contributed by atoms with Gasteiger partial charge in [-0.25, -0.2) is 0 Å². The summed E-state index contributed by atoms with van der Waals surface area (Å²) in [6, 6.07) is 0. The fraction of sp³-hybridized carbons (Fsp3) is 0.789. The van der Waals surface area contributed by atoms with E-state index in [1.807, 2.05) is 12.2 Å². The van der Waals surface area contributed by atoms with Gasteiger partial charge in [-0.05, 0) is 51.4 Å². The molecule has 0 saturated heterocycles. The minimum atomic E-state index is -1.07. The Morgan fingerprint density at radius 2 is 0.978 bits per heavy atom. The summed E-state index contributed by atoms with van der Waals surface area (Å²) in [5.41, 5.74) is 0. The summed E-state index contributed by atoms with van der Waals surface area (Å²) in [7, 11) is 0. The number of hydrogen-bond donors (Lipinski definition) is 3. The first-order valence-corrected chi connectivity index (χ1v) is 18.2. The highest BCUT2D eigenvalue weighted by Gasteiger charge is 2.16. The molecule has 7 nitrogen and oxygen atoms in total. The molecule has 0 saturated carbocycles. The normalized spacial score (nSPS) is 14.0. The van der Waals surface area contributed by atoms with Gasteiger partial charge in [-0.3, -0.25) is 9.59 Å². The molecule has 0 spiro atoms. The molecule has 3 N–H and O–H groups in total. The van der Waals surface area contributed by atoms with Crippen LogP contribution in [0.2, 0.25) is 0 Å². The van der Waals surface area contributed by atoms with Gasteiger partial charge in [0.05, 0.1) is 12.2 Å². The summed E-state index contributed by atoms with van der Waals surface area (Å²) < 4.78 is 10.2. The molecule has 0 aliphatic heterocycles. The highest BCUT2D eigenvalue weighted by Crippen LogP contribution is 2.13. The molecule has 0 aliphatic rings. The standard InChI is InChI=1S/C38H68O7/c1-3-5-7-9-11-13-15-17-19-21-23-25-28-35(40)36(41)29-27-31-38(43)45-33-34(39)32-44-37(42)30-26-24-22-20-18-16-14-12-10-8-6-4-2/h11,13,17,19,23,25,34-36,39-41H,3-10,12,14-16,18,20-22,24,26-33H2,1-2H3/b13-11-,19-17-,25-23-/t34-,35?,36?/m0/s1. The molecule has 0 aromatic carbocycles. The molecule has 0 bridgehead atoms. The van der Waals surface area contributed by atoms with E-state index in [0.717, 1.165) is 38.5 Å². The second kappa shape index (κ2) is 33.4. The van der Waals surface area contributed by atoms with E-state index in [0.29, 0.717) is 19.3 Å². The summed E-state index contributed by atoms with van der Waals surface area (Å²) >= 11 is 0. The van der Waals surface area contributed by atoms with E-state index in [1.165, 1.54) is 77.0 Å². The van der Waals surface area contributed by atoms with Crippen LogP contribution < -0.4 is 0 Å². The number of rotatable bonds is 32. The second-order valence-corrected chi connectivity index (χ2v) is 12.3. The van der Waals surface area contributed by atoms with Crippen molar-refractivity contribution >= 4 is 11.9 Å². The van der Waals surface area contributed by atoms with Crippen LogP contribution in [0, 0.1) is 0 Å². The first kappa shape index (κ1) is 43.0. The number of hydrogen-bond acceptors (Lipinski definition) is 7. The smallest absolute Gasteiger partial charge is 0.305 e. The van der Waals surface area contributed by atoms with Crippen LogP contribution in [0.1, 0.15) is 162 Å². The number of aliphatic hydroxyl groups is 3. The molecule has 2 unspecified atom stereocenters. The Morgan fingerprint density at radius 3 is 1.53 bits per heavy atom. The fourth-order valence-corrected chi connectivity index (χ4v) is 4.89. The third-order valence-corrected chi connectivity index (χ3v) is 7.83. The van der Waals surface area contributed by atoms with Gasteiger partial charge in [0.15, 0.2) is 0 Å². The van der Waals surface area contributed by atoms with Gasteiger partial charge in [0.25, 0.3) is 0 Å². The molecule has 0 rings (SSSR count). The average Bonchev–Trinajstić information content (AvgIpc) is 3.03. The van der Waals surface area contributed by atoms with Gasteiger partial charge in [0, 0.05) is 12.8 Å². The summed E-state index contributed by atoms with van der Waals surface area (Å²) in [5, 5.41) is 30.3. The number of ether oxygens (including phenoxy) is 2. The Labute approximate surface area is 275 Å². The first-order chi connectivity index (χ1) is 21.9. The predicted octanol–water partition coefficient (Wildman–Crippen LogP) is 8.84. The number of carbonyl (C=O) groups excluding carboxylic acids is 2. The van der Waals surface area contributed by atoms with Crippen molar-refractivity contribution in [2.45, 2.75) is 180 Å². The molecule has 0 heterocycles. The van der Waals surface area contributed by atoms with Gasteiger partial charge in [0.1, 0.15) is 19.3 Å². The van der Waals surface area contributed by atoms with E-state index in [2.05, 4.69) is 38.2 Å². The fourth-order valence-electron chi connectivity index (χ4n) is 4.89. The third kappa shape index (κ3) is 31.8. The molecule has 0 amide bonds. The molecule has 0 fully saturated rings. The lowest BCUT2D eigenvalue weighted by atomic mass is 10.0. The van der Waals surface area contributed by atoms with Crippen LogP contribution in [0.15, 0.2) is 36.5 Å². The van der Waals surface area contributed by atoms with E-state index >= 15 is 0 Å². The zero-order chi connectivity index (χ0) is 33.2. The second-order valence-electron chi connectivity index (χ2n) is 12.3. The maximum Gasteiger partial charge on any atom is 0.305 e. The third-order valence-electron chi connectivity index (χ3n) is 7.83. The number of carbonyl (C=O) groups is 2. The highest BCUT2D eigenvalue weighted by atomic mass is 16.6. The van der Waals surface area contributed by atoms with Gasteiger partial charge >= 0.3 is 11.9 Å². The van der Waals surface area contributed by atoms with Crippen molar-refractivity contribution in [3.63, 3.8) is 0 Å². The maximum atomic E-state index is 12.0. The zero-order valence-electron chi connectivity index (χ0n) is 28.8. The molecule has 0 aromatic rings. The molecule has 262 valence electrons. The lowest BCUT2D eigenvalue weighted by molar-refractivity contribution is -0.152. The molecule has 0 aliphatic carbocycles. The van der Waals surface area contributed by atoms with E-state index in [4.69, 9.17) is 9.47 Å². The molecule has 3 atom stereocenters. The molecule has 0 aromatic heterocycles. The van der Waals surface area contributed by atoms with Crippen LogP contribution >= 0.6 is 0 Å². The molecule has 0 radical (unpaired) electrons. The van der Waals surface area contributed by atoms with Crippen molar-refractivity contribution in [3.8, 4) is 0 Å². The summed E-state index contributed by atoms with van der Waals surface area (Å²) in [6.45, 7) is 4.00. The molecular weight excluding hydrogens is 568 g/mol. The van der Waals surface area contributed by atoms with Crippen LogP contribution in [0.4, 0.5) is 0 Å². The van der Waals surface area contributed by atoms with Crippen molar-refractivity contribution in [2.75, 3.05) is 13.2 Å². The van der Waals surface area contributed by atoms with Crippen molar-refractivity contribution in [2.24, 2.45) is 0 Å². The summed E-state index contributed by atoms with van der Waals surface area (Å²) in [6.07, 6.45) is 32.3. The van der Waals surface area contributed by atoms with Gasteiger partial charge in [0.2, 0.25) is 0 Å². The maximum absolute atomic E-state index is 12.0. The molecule has 45 heavy (non-hydrogen) atoms. The van der Waals surface area contributed by atoms with Crippen LogP contribution in [-0.2, 0) is 19.1 Å². The monoisotopic (exact) mass is 636 g/mol. The topological polar surface area (TPSA) is 113 Å². The number of allylic oxidation sites excluding steroid dienone is 5. The van der Waals surface area contributed by atoms with Crippen molar-refractivity contribution < 1.29 is 34.4 Å². The van der Waals surface area contributed by atoms with Gasteiger partial charge in [-0.2, -0.15) is 0 Å². The Kier molecular flexibility index (Phi) is 31.9. The van der Waals surface area contributed by atoms with Gasteiger partial charge in [-0.15, -0.1) is 0 Å². The zero-order valence-corrected chi connectivity index (χ0v) is 28.8. The minimum Gasteiger partial charge on any atom is -0.463 e. The number of esters is 2. The van der Waals surface area contributed by atoms with Crippen LogP contribution in [-0.4, -0.2) is 58.8 Å². The Bertz CT molecular complexity index is 761. The first-order valence-electron chi connectivity index (χ1n) is 18.2. The van der Waals surface area contributed by atoms with E-state index < -0.39 is 24.3 Å². The number of unbranched alkanes of at least 4 members (excludes halogenated alkanes) is 14. The van der Waals surface area contributed by atoms with Gasteiger partial charge in [-0.1, -0.05) is 134 Å². The number of aliphatic hydroxyl groups excluding tert-OH is 3. The minimum absolute atomic E-state index is 0.0724. The summed E-state index contributed by atoms with van der Waals surface area (Å²) in [4.78, 5) is 23.9. The van der Waals surface area contributed by atoms with Gasteiger partial charge < -0.3 is 24.8 Å². The Hall–Kier alpha value is -1.96. The van der Waals surface area contributed by atoms with Crippen LogP contribution in [0.25, 0.3) is 0 Å². The predicted molar refractivity (Wildman–Crippen MR) is 185 cm³/mol. The molecular formula is C38H68O7. The van der Waals surface area contributed by atoms with Crippen LogP contribution in [0.3, 0.4) is 0 Å². The van der Waals surface area contributed by atoms with E-state index in [1.54, 1.807) is 0 Å². The van der Waals surface area contributed by atoms with Crippen molar-refractivity contribution in [3.05, 3.63) is 36.5 Å². The quantitative estimate of drug-likeness (QED) is 0.0384. The van der Waals surface area contributed by atoms with E-state index in [-0.39, 0.29) is 32.0 Å². The molecule has 7 heteroatoms. The largest absolute Gasteiger partial charge is 0.463 e. The van der Waals surface area contributed by atoms with Crippen molar-refractivity contribution in [1.82, 2.24) is 0 Å². The van der Waals surface area contributed by atoms with Crippen LogP contribution in [0.5, 0.6) is 0 Å². The van der Waals surface area contributed by atoms with Crippen molar-refractivity contribution in [1.29, 1.82) is 0 Å². The average molecular weight is 637 g/mol. The Balaban J connectivity index is 3.72. The SMILES string of the molecule is CCCCC/C=C\C/C=C\C/C=C\CC(O)C(O)CCCC(=O)OC[C@@H](O)COC(=O)CCCCCCCCCCCCCC. The summed E-state index contributed by atoms with van der Waals surface area (Å²) in [5.74, 6) is -0.840. The Morgan fingerprint density at radius 1 is 0.533 bits per heavy atom. The highest BCUT2D eigenvalue weighted by molar-refractivity contribution is 5.69.